The molecule has 4 heteroatoms. The molecule has 0 aromatic rings. The lowest BCUT2D eigenvalue weighted by molar-refractivity contribution is 0.441. The van der Waals surface area contributed by atoms with Crippen LogP contribution in [-0.4, -0.2) is 21.2 Å². The van der Waals surface area contributed by atoms with Crippen molar-refractivity contribution in [2.75, 3.05) is 12.8 Å². The molecule has 0 aromatic heterocycles. The molecule has 2 aliphatic rings. The molecule has 1 N–H and O–H groups in total. The first-order valence-electron chi connectivity index (χ1n) is 4.67. The Hall–Kier alpha value is -0.350. The minimum Gasteiger partial charge on any atom is -0.215 e. The third-order valence-electron chi connectivity index (χ3n) is 3.02. The van der Waals surface area contributed by atoms with Crippen LogP contribution in [0.5, 0.6) is 0 Å². The second kappa shape index (κ2) is 3.10. The molecular formula is C9H15NO2S. The second-order valence-electron chi connectivity index (χ2n) is 4.16. The van der Waals surface area contributed by atoms with E-state index in [1.165, 1.54) is 12.7 Å². The molecule has 74 valence electrons. The fraction of sp³-hybridized carbons (Fsp3) is 0.778. The summed E-state index contributed by atoms with van der Waals surface area (Å²) in [6, 6.07) is 0. The van der Waals surface area contributed by atoms with E-state index in [0.29, 0.717) is 18.4 Å². The van der Waals surface area contributed by atoms with Crippen molar-refractivity contribution in [1.82, 2.24) is 4.72 Å². The number of allylic oxidation sites excluding steroid dienone is 2. The van der Waals surface area contributed by atoms with Crippen molar-refractivity contribution in [3.8, 4) is 0 Å². The molecule has 0 amide bonds. The molecule has 1 saturated carbocycles. The van der Waals surface area contributed by atoms with Gasteiger partial charge in [-0.3, -0.25) is 0 Å². The van der Waals surface area contributed by atoms with E-state index in [-0.39, 0.29) is 0 Å². The van der Waals surface area contributed by atoms with Crippen molar-refractivity contribution >= 4 is 10.0 Å². The Morgan fingerprint density at radius 3 is 2.62 bits per heavy atom. The van der Waals surface area contributed by atoms with Gasteiger partial charge in [-0.25, -0.2) is 13.1 Å². The highest BCUT2D eigenvalue weighted by Gasteiger charge is 2.35. The fourth-order valence-corrected chi connectivity index (χ4v) is 2.90. The molecule has 13 heavy (non-hydrogen) atoms. The van der Waals surface area contributed by atoms with E-state index >= 15 is 0 Å². The quantitative estimate of drug-likeness (QED) is 0.685. The van der Waals surface area contributed by atoms with Gasteiger partial charge in [0.25, 0.3) is 0 Å². The fourth-order valence-electron chi connectivity index (χ4n) is 2.39. The Balaban J connectivity index is 1.88. The van der Waals surface area contributed by atoms with E-state index in [0.717, 1.165) is 12.3 Å². The van der Waals surface area contributed by atoms with Crippen molar-refractivity contribution in [3.05, 3.63) is 12.2 Å². The topological polar surface area (TPSA) is 46.2 Å². The van der Waals surface area contributed by atoms with Crippen LogP contribution in [0.15, 0.2) is 12.2 Å². The first kappa shape index (κ1) is 9.21. The van der Waals surface area contributed by atoms with Gasteiger partial charge in [0.2, 0.25) is 10.0 Å². The number of rotatable bonds is 3. The summed E-state index contributed by atoms with van der Waals surface area (Å²) >= 11 is 0. The molecule has 3 atom stereocenters. The van der Waals surface area contributed by atoms with E-state index in [1.807, 2.05) is 0 Å². The lowest BCUT2D eigenvalue weighted by Gasteiger charge is -2.17. The van der Waals surface area contributed by atoms with Crippen LogP contribution in [0, 0.1) is 17.8 Å². The summed E-state index contributed by atoms with van der Waals surface area (Å²) < 4.78 is 24.3. The number of hydrogen-bond acceptors (Lipinski definition) is 2. The number of fused-ring (bicyclic) bond motifs is 2. The van der Waals surface area contributed by atoms with Gasteiger partial charge in [0, 0.05) is 6.54 Å². The Bertz CT molecular complexity index is 321. The first-order valence-corrected chi connectivity index (χ1v) is 6.57. The second-order valence-corrected chi connectivity index (χ2v) is 5.99. The van der Waals surface area contributed by atoms with Crippen LogP contribution in [0.1, 0.15) is 12.8 Å². The molecule has 3 nitrogen and oxygen atoms in total. The number of hydrogen-bond donors (Lipinski definition) is 1. The standard InChI is InChI=1S/C9H15NO2S/c1-13(11,12)10-6-9-5-7-2-3-8(9)4-7/h2-3,7-10H,4-6H2,1H3/t7-,8+,9-/m0/s1. The summed E-state index contributed by atoms with van der Waals surface area (Å²) in [7, 11) is -3.00. The molecule has 0 aliphatic heterocycles. The summed E-state index contributed by atoms with van der Waals surface area (Å²) in [5.74, 6) is 1.88. The van der Waals surface area contributed by atoms with Crippen LogP contribution in [-0.2, 0) is 10.0 Å². The average molecular weight is 201 g/mol. The van der Waals surface area contributed by atoms with E-state index in [9.17, 15) is 8.42 Å². The van der Waals surface area contributed by atoms with Crippen molar-refractivity contribution in [2.45, 2.75) is 12.8 Å². The number of sulfonamides is 1. The van der Waals surface area contributed by atoms with Gasteiger partial charge < -0.3 is 0 Å². The van der Waals surface area contributed by atoms with Gasteiger partial charge in [-0.1, -0.05) is 12.2 Å². The van der Waals surface area contributed by atoms with Crippen LogP contribution in [0.3, 0.4) is 0 Å². The Labute approximate surface area is 79.3 Å². The molecule has 0 saturated heterocycles. The predicted molar refractivity (Wildman–Crippen MR) is 51.7 cm³/mol. The van der Waals surface area contributed by atoms with Gasteiger partial charge in [-0.15, -0.1) is 0 Å². The van der Waals surface area contributed by atoms with Crippen molar-refractivity contribution in [2.24, 2.45) is 17.8 Å². The zero-order chi connectivity index (χ0) is 9.47. The highest BCUT2D eigenvalue weighted by Crippen LogP contribution is 2.42. The summed E-state index contributed by atoms with van der Waals surface area (Å²) in [6.45, 7) is 0.615. The molecule has 0 heterocycles. The average Bonchev–Trinajstić information content (AvgIpc) is 2.58. The Morgan fingerprint density at radius 2 is 2.15 bits per heavy atom. The monoisotopic (exact) mass is 201 g/mol. The molecule has 1 fully saturated rings. The molecule has 0 unspecified atom stereocenters. The summed E-state index contributed by atoms with van der Waals surface area (Å²) in [6.07, 6.45) is 8.11. The van der Waals surface area contributed by atoms with E-state index in [1.54, 1.807) is 0 Å². The SMILES string of the molecule is CS(=O)(=O)NC[C@@H]1C[C@H]2C=C[C@@H]1C2. The van der Waals surface area contributed by atoms with Gasteiger partial charge in [-0.2, -0.15) is 0 Å². The summed E-state index contributed by atoms with van der Waals surface area (Å²) in [5.41, 5.74) is 0. The largest absolute Gasteiger partial charge is 0.215 e. The van der Waals surface area contributed by atoms with Gasteiger partial charge >= 0.3 is 0 Å². The van der Waals surface area contributed by atoms with Crippen molar-refractivity contribution in [3.63, 3.8) is 0 Å². The maximum absolute atomic E-state index is 10.9. The van der Waals surface area contributed by atoms with Crippen LogP contribution in [0.4, 0.5) is 0 Å². The van der Waals surface area contributed by atoms with Crippen LogP contribution in [0.25, 0.3) is 0 Å². The molecule has 0 radical (unpaired) electrons. The first-order chi connectivity index (χ1) is 6.04. The highest BCUT2D eigenvalue weighted by atomic mass is 32.2. The zero-order valence-electron chi connectivity index (χ0n) is 7.73. The Morgan fingerprint density at radius 1 is 1.38 bits per heavy atom. The lowest BCUT2D eigenvalue weighted by Crippen LogP contribution is -2.29. The van der Waals surface area contributed by atoms with Gasteiger partial charge in [0.1, 0.15) is 0 Å². The van der Waals surface area contributed by atoms with E-state index < -0.39 is 10.0 Å². The van der Waals surface area contributed by atoms with Crippen LogP contribution in [0.2, 0.25) is 0 Å². The highest BCUT2D eigenvalue weighted by molar-refractivity contribution is 7.88. The summed E-state index contributed by atoms with van der Waals surface area (Å²) in [4.78, 5) is 0. The van der Waals surface area contributed by atoms with Crippen LogP contribution < -0.4 is 4.72 Å². The van der Waals surface area contributed by atoms with E-state index in [2.05, 4.69) is 16.9 Å². The van der Waals surface area contributed by atoms with Crippen LogP contribution >= 0.6 is 0 Å². The van der Waals surface area contributed by atoms with Gasteiger partial charge in [0.15, 0.2) is 0 Å². The lowest BCUT2D eigenvalue weighted by atomic mass is 9.94. The predicted octanol–water partition coefficient (Wildman–Crippen LogP) is 0.748. The smallest absolute Gasteiger partial charge is 0.208 e. The minimum absolute atomic E-state index is 0.532. The normalized spacial score (nSPS) is 37.2. The molecule has 0 aromatic carbocycles. The number of nitrogens with one attached hydrogen (secondary N) is 1. The Kier molecular flexibility index (Phi) is 2.20. The maximum Gasteiger partial charge on any atom is 0.208 e. The molecule has 2 bridgehead atoms. The maximum atomic E-state index is 10.9. The molecular weight excluding hydrogens is 186 g/mol. The summed E-state index contributed by atoms with van der Waals surface area (Å²) in [5, 5.41) is 0. The third-order valence-corrected chi connectivity index (χ3v) is 3.72. The molecule has 0 spiro atoms. The van der Waals surface area contributed by atoms with E-state index in [4.69, 9.17) is 0 Å². The van der Waals surface area contributed by atoms with Gasteiger partial charge in [-0.05, 0) is 30.6 Å². The van der Waals surface area contributed by atoms with Gasteiger partial charge in [0.05, 0.1) is 6.26 Å². The van der Waals surface area contributed by atoms with Crippen molar-refractivity contribution in [1.29, 1.82) is 0 Å². The minimum atomic E-state index is -3.00. The third kappa shape index (κ3) is 2.11. The zero-order valence-corrected chi connectivity index (χ0v) is 8.55. The molecule has 2 rings (SSSR count). The molecule has 2 aliphatic carbocycles. The van der Waals surface area contributed by atoms with Crippen molar-refractivity contribution < 1.29 is 8.42 Å².